The molecule has 2 aromatic rings. The fraction of sp³-hybridized carbons (Fsp3) is 0.278. The highest BCUT2D eigenvalue weighted by molar-refractivity contribution is 5.91. The van der Waals surface area contributed by atoms with Gasteiger partial charge in [-0.2, -0.15) is 0 Å². The number of amides is 1. The van der Waals surface area contributed by atoms with Gasteiger partial charge in [-0.1, -0.05) is 23.8 Å². The summed E-state index contributed by atoms with van der Waals surface area (Å²) in [6.45, 7) is 6.70. The number of rotatable bonds is 5. The average Bonchev–Trinajstić information content (AvgIpc) is 2.41. The molecule has 0 aliphatic rings. The fourth-order valence-corrected chi connectivity index (χ4v) is 2.55. The number of nitrogens with one attached hydrogen (secondary N) is 2. The number of carbonyl (C=O) groups is 1. The summed E-state index contributed by atoms with van der Waals surface area (Å²) in [5.41, 5.74) is 5.12. The van der Waals surface area contributed by atoms with Gasteiger partial charge in [-0.15, -0.1) is 0 Å². The smallest absolute Gasteiger partial charge is 0.226 e. The van der Waals surface area contributed by atoms with Gasteiger partial charge in [0, 0.05) is 24.3 Å². The standard InChI is InChI=1S/C18H21FN2O/c1-12-9-13(2)18(14(3)10-12)20-8-7-17(22)21-16-6-4-5-15(19)11-16/h4-6,9-11,20H,7-8H2,1-3H3,(H,21,22). The van der Waals surface area contributed by atoms with E-state index < -0.39 is 0 Å². The summed E-state index contributed by atoms with van der Waals surface area (Å²) in [5, 5.41) is 5.99. The summed E-state index contributed by atoms with van der Waals surface area (Å²) in [6, 6.07) is 10.1. The Labute approximate surface area is 130 Å². The van der Waals surface area contributed by atoms with E-state index in [1.54, 1.807) is 12.1 Å². The third-order valence-corrected chi connectivity index (χ3v) is 3.44. The zero-order chi connectivity index (χ0) is 16.1. The molecule has 2 N–H and O–H groups in total. The van der Waals surface area contributed by atoms with Crippen molar-refractivity contribution in [3.8, 4) is 0 Å². The Morgan fingerprint density at radius 3 is 2.41 bits per heavy atom. The molecule has 4 heteroatoms. The molecule has 0 radical (unpaired) electrons. The van der Waals surface area contributed by atoms with Gasteiger partial charge < -0.3 is 10.6 Å². The van der Waals surface area contributed by atoms with E-state index in [2.05, 4.69) is 43.5 Å². The Balaban J connectivity index is 1.87. The van der Waals surface area contributed by atoms with Crippen molar-refractivity contribution in [3.63, 3.8) is 0 Å². The third kappa shape index (κ3) is 4.32. The van der Waals surface area contributed by atoms with E-state index in [4.69, 9.17) is 0 Å². The summed E-state index contributed by atoms with van der Waals surface area (Å²) in [4.78, 5) is 11.9. The van der Waals surface area contributed by atoms with Crippen LogP contribution in [0.1, 0.15) is 23.1 Å². The second-order valence-electron chi connectivity index (χ2n) is 5.51. The summed E-state index contributed by atoms with van der Waals surface area (Å²) in [6.07, 6.45) is 0.323. The molecule has 0 heterocycles. The van der Waals surface area contributed by atoms with Crippen molar-refractivity contribution in [1.29, 1.82) is 0 Å². The minimum absolute atomic E-state index is 0.138. The topological polar surface area (TPSA) is 41.1 Å². The molecular formula is C18H21FN2O. The van der Waals surface area contributed by atoms with Crippen molar-refractivity contribution in [1.82, 2.24) is 0 Å². The molecule has 0 saturated carbocycles. The van der Waals surface area contributed by atoms with Crippen LogP contribution in [0.3, 0.4) is 0 Å². The first-order valence-corrected chi connectivity index (χ1v) is 7.33. The molecule has 0 atom stereocenters. The predicted molar refractivity (Wildman–Crippen MR) is 88.8 cm³/mol. The van der Waals surface area contributed by atoms with Crippen molar-refractivity contribution >= 4 is 17.3 Å². The minimum atomic E-state index is -0.359. The summed E-state index contributed by atoms with van der Waals surface area (Å²) in [5.74, 6) is -0.498. The molecule has 2 rings (SSSR count). The zero-order valence-corrected chi connectivity index (χ0v) is 13.2. The van der Waals surface area contributed by atoms with Crippen LogP contribution in [-0.2, 0) is 4.79 Å². The minimum Gasteiger partial charge on any atom is -0.384 e. The van der Waals surface area contributed by atoms with E-state index in [1.807, 2.05) is 0 Å². The van der Waals surface area contributed by atoms with Crippen molar-refractivity contribution in [2.45, 2.75) is 27.2 Å². The monoisotopic (exact) mass is 300 g/mol. The van der Waals surface area contributed by atoms with Crippen molar-refractivity contribution in [2.75, 3.05) is 17.2 Å². The van der Waals surface area contributed by atoms with Gasteiger partial charge in [-0.3, -0.25) is 4.79 Å². The molecule has 3 nitrogen and oxygen atoms in total. The van der Waals surface area contributed by atoms with Gasteiger partial charge in [0.2, 0.25) is 5.91 Å². The van der Waals surface area contributed by atoms with Crippen LogP contribution in [0.25, 0.3) is 0 Å². The van der Waals surface area contributed by atoms with E-state index in [0.29, 0.717) is 18.7 Å². The SMILES string of the molecule is Cc1cc(C)c(NCCC(=O)Nc2cccc(F)c2)c(C)c1. The third-order valence-electron chi connectivity index (χ3n) is 3.44. The lowest BCUT2D eigenvalue weighted by Gasteiger charge is -2.13. The summed E-state index contributed by atoms with van der Waals surface area (Å²) >= 11 is 0. The van der Waals surface area contributed by atoms with Gasteiger partial charge in [-0.25, -0.2) is 4.39 Å². The lowest BCUT2D eigenvalue weighted by Crippen LogP contribution is -2.17. The largest absolute Gasteiger partial charge is 0.384 e. The maximum Gasteiger partial charge on any atom is 0.226 e. The highest BCUT2D eigenvalue weighted by Crippen LogP contribution is 2.21. The lowest BCUT2D eigenvalue weighted by atomic mass is 10.1. The van der Waals surface area contributed by atoms with Gasteiger partial charge in [0.1, 0.15) is 5.82 Å². The molecule has 2 aromatic carbocycles. The van der Waals surface area contributed by atoms with Crippen LogP contribution in [-0.4, -0.2) is 12.5 Å². The molecule has 22 heavy (non-hydrogen) atoms. The number of aryl methyl sites for hydroxylation is 3. The maximum atomic E-state index is 13.0. The number of benzene rings is 2. The normalized spacial score (nSPS) is 10.4. The van der Waals surface area contributed by atoms with Crippen molar-refractivity contribution in [2.24, 2.45) is 0 Å². The average molecular weight is 300 g/mol. The van der Waals surface area contributed by atoms with E-state index >= 15 is 0 Å². The van der Waals surface area contributed by atoms with E-state index in [9.17, 15) is 9.18 Å². The Bertz CT molecular complexity index is 660. The molecule has 0 spiro atoms. The number of carbonyl (C=O) groups excluding carboxylic acids is 1. The first-order chi connectivity index (χ1) is 10.5. The Morgan fingerprint density at radius 1 is 1.09 bits per heavy atom. The molecule has 0 unspecified atom stereocenters. The number of hydrogen-bond acceptors (Lipinski definition) is 2. The molecule has 0 aromatic heterocycles. The van der Waals surface area contributed by atoms with E-state index in [0.717, 1.165) is 5.69 Å². The number of halogens is 1. The molecule has 0 fully saturated rings. The molecule has 116 valence electrons. The first-order valence-electron chi connectivity index (χ1n) is 7.33. The van der Waals surface area contributed by atoms with Crippen LogP contribution < -0.4 is 10.6 Å². The van der Waals surface area contributed by atoms with Gasteiger partial charge in [0.05, 0.1) is 0 Å². The summed E-state index contributed by atoms with van der Waals surface area (Å²) < 4.78 is 13.0. The maximum absolute atomic E-state index is 13.0. The van der Waals surface area contributed by atoms with Crippen LogP contribution in [0.5, 0.6) is 0 Å². The molecular weight excluding hydrogens is 279 g/mol. The van der Waals surface area contributed by atoms with E-state index in [1.165, 1.54) is 28.8 Å². The fourth-order valence-electron chi connectivity index (χ4n) is 2.55. The first kappa shape index (κ1) is 16.0. The van der Waals surface area contributed by atoms with Crippen LogP contribution in [0, 0.1) is 26.6 Å². The van der Waals surface area contributed by atoms with Crippen LogP contribution in [0.15, 0.2) is 36.4 Å². The molecule has 0 aliphatic heterocycles. The Morgan fingerprint density at radius 2 is 1.77 bits per heavy atom. The molecule has 0 saturated heterocycles. The highest BCUT2D eigenvalue weighted by atomic mass is 19.1. The van der Waals surface area contributed by atoms with Crippen LogP contribution in [0.2, 0.25) is 0 Å². The van der Waals surface area contributed by atoms with Gasteiger partial charge >= 0.3 is 0 Å². The Kier molecular flexibility index (Phi) is 5.15. The van der Waals surface area contributed by atoms with Gasteiger partial charge in [0.25, 0.3) is 0 Å². The van der Waals surface area contributed by atoms with Crippen LogP contribution >= 0.6 is 0 Å². The molecule has 0 aliphatic carbocycles. The Hall–Kier alpha value is -2.36. The van der Waals surface area contributed by atoms with Gasteiger partial charge in [0.15, 0.2) is 0 Å². The number of anilines is 2. The molecule has 1 amide bonds. The van der Waals surface area contributed by atoms with E-state index in [-0.39, 0.29) is 11.7 Å². The quantitative estimate of drug-likeness (QED) is 0.869. The van der Waals surface area contributed by atoms with Crippen LogP contribution in [0.4, 0.5) is 15.8 Å². The lowest BCUT2D eigenvalue weighted by molar-refractivity contribution is -0.115. The molecule has 0 bridgehead atoms. The predicted octanol–water partition coefficient (Wildman–Crippen LogP) is 4.19. The second-order valence-corrected chi connectivity index (χ2v) is 5.51. The highest BCUT2D eigenvalue weighted by Gasteiger charge is 2.06. The summed E-state index contributed by atoms with van der Waals surface area (Å²) in [7, 11) is 0. The second kappa shape index (κ2) is 7.07. The van der Waals surface area contributed by atoms with Crippen molar-refractivity contribution < 1.29 is 9.18 Å². The number of hydrogen-bond donors (Lipinski definition) is 2. The zero-order valence-electron chi connectivity index (χ0n) is 13.2. The van der Waals surface area contributed by atoms with Crippen molar-refractivity contribution in [3.05, 3.63) is 58.9 Å². The van der Waals surface area contributed by atoms with Gasteiger partial charge in [-0.05, 0) is 50.1 Å².